The average molecular weight is 377 g/mol. The molecule has 1 aliphatic carbocycles. The fourth-order valence-electron chi connectivity index (χ4n) is 2.68. The molecule has 6 nitrogen and oxygen atoms in total. The quantitative estimate of drug-likeness (QED) is 0.522. The van der Waals surface area contributed by atoms with Crippen LogP contribution in [-0.4, -0.2) is 19.9 Å². The van der Waals surface area contributed by atoms with Gasteiger partial charge in [-0.15, -0.1) is 0 Å². The molecule has 0 unspecified atom stereocenters. The second-order valence-corrected chi connectivity index (χ2v) is 7.99. The summed E-state index contributed by atoms with van der Waals surface area (Å²) < 4.78 is 27.9. The van der Waals surface area contributed by atoms with Crippen molar-refractivity contribution in [2.45, 2.75) is 43.4 Å². The van der Waals surface area contributed by atoms with Crippen molar-refractivity contribution in [3.63, 3.8) is 0 Å². The van der Waals surface area contributed by atoms with E-state index in [1.807, 2.05) is 0 Å². The van der Waals surface area contributed by atoms with Crippen molar-refractivity contribution in [1.29, 1.82) is 0 Å². The van der Waals surface area contributed by atoms with E-state index in [-0.39, 0.29) is 10.7 Å². The number of rotatable bonds is 6. The van der Waals surface area contributed by atoms with Gasteiger partial charge in [0.1, 0.15) is 4.90 Å². The summed E-state index contributed by atoms with van der Waals surface area (Å²) in [5, 5.41) is 0. The predicted octanol–water partition coefficient (Wildman–Crippen LogP) is 2.38. The van der Waals surface area contributed by atoms with Gasteiger partial charge in [0.15, 0.2) is 5.82 Å². The summed E-state index contributed by atoms with van der Waals surface area (Å²) >= 11 is 3.23. The number of hydrogen-bond acceptors (Lipinski definition) is 5. The summed E-state index contributed by atoms with van der Waals surface area (Å²) in [6, 6.07) is 1.49. The van der Waals surface area contributed by atoms with Gasteiger partial charge in [0.2, 0.25) is 10.0 Å². The number of nitrogens with one attached hydrogen (secondary N) is 2. The molecule has 118 valence electrons. The highest BCUT2D eigenvalue weighted by atomic mass is 79.9. The van der Waals surface area contributed by atoms with Gasteiger partial charge in [-0.25, -0.2) is 24.0 Å². The van der Waals surface area contributed by atoms with Crippen LogP contribution in [0.3, 0.4) is 0 Å². The molecule has 0 amide bonds. The van der Waals surface area contributed by atoms with Gasteiger partial charge in [0.05, 0.1) is 0 Å². The van der Waals surface area contributed by atoms with E-state index in [4.69, 9.17) is 5.84 Å². The molecular formula is C13H21BrN4O2S. The zero-order chi connectivity index (χ0) is 15.3. The maximum Gasteiger partial charge on any atom is 0.244 e. The number of aromatic nitrogens is 1. The molecule has 1 aromatic rings. The smallest absolute Gasteiger partial charge is 0.244 e. The summed E-state index contributed by atoms with van der Waals surface area (Å²) in [5.74, 6) is 6.10. The summed E-state index contributed by atoms with van der Waals surface area (Å²) in [4.78, 5) is 4.02. The van der Waals surface area contributed by atoms with Gasteiger partial charge in [-0.3, -0.25) is 0 Å². The first-order chi connectivity index (χ1) is 10.0. The van der Waals surface area contributed by atoms with Gasteiger partial charge < -0.3 is 5.43 Å². The van der Waals surface area contributed by atoms with Crippen molar-refractivity contribution < 1.29 is 8.42 Å². The largest absolute Gasteiger partial charge is 0.307 e. The summed E-state index contributed by atoms with van der Waals surface area (Å²) in [6.45, 7) is 0.448. The Morgan fingerprint density at radius 1 is 1.33 bits per heavy atom. The number of pyridine rings is 1. The predicted molar refractivity (Wildman–Crippen MR) is 86.1 cm³/mol. The molecule has 4 N–H and O–H groups in total. The lowest BCUT2D eigenvalue weighted by molar-refractivity contribution is 0.339. The topological polar surface area (TPSA) is 97.1 Å². The lowest BCUT2D eigenvalue weighted by Crippen LogP contribution is -2.28. The number of halogens is 1. The molecule has 1 heterocycles. The van der Waals surface area contributed by atoms with Gasteiger partial charge in [-0.1, -0.05) is 32.1 Å². The highest BCUT2D eigenvalue weighted by Crippen LogP contribution is 2.26. The maximum atomic E-state index is 12.3. The van der Waals surface area contributed by atoms with Gasteiger partial charge >= 0.3 is 0 Å². The van der Waals surface area contributed by atoms with Crippen LogP contribution >= 0.6 is 15.9 Å². The second kappa shape index (κ2) is 7.53. The fraction of sp³-hybridized carbons (Fsp3) is 0.615. The third kappa shape index (κ3) is 4.64. The number of nitrogens with two attached hydrogens (primary N) is 1. The van der Waals surface area contributed by atoms with Crippen LogP contribution in [0.5, 0.6) is 0 Å². The molecule has 2 rings (SSSR count). The Balaban J connectivity index is 1.99. The lowest BCUT2D eigenvalue weighted by atomic mass is 9.87. The molecule has 0 aliphatic heterocycles. The molecule has 0 spiro atoms. The summed E-state index contributed by atoms with van der Waals surface area (Å²) in [5.41, 5.74) is 2.32. The third-order valence-corrected chi connectivity index (χ3v) is 5.72. The number of sulfonamides is 1. The summed E-state index contributed by atoms with van der Waals surface area (Å²) in [6.07, 6.45) is 8.60. The molecule has 8 heteroatoms. The second-order valence-electron chi connectivity index (χ2n) is 5.34. The monoisotopic (exact) mass is 376 g/mol. The molecule has 21 heavy (non-hydrogen) atoms. The van der Waals surface area contributed by atoms with Crippen molar-refractivity contribution in [3.05, 3.63) is 16.7 Å². The molecule has 0 atom stereocenters. The average Bonchev–Trinajstić information content (AvgIpc) is 2.48. The SMILES string of the molecule is NNc1ncc(Br)cc1S(=O)(=O)NCCC1CCCCC1. The number of nitrogens with zero attached hydrogens (tertiary/aromatic N) is 1. The van der Waals surface area contributed by atoms with Crippen LogP contribution < -0.4 is 16.0 Å². The highest BCUT2D eigenvalue weighted by molar-refractivity contribution is 9.10. The molecule has 0 bridgehead atoms. The van der Waals surface area contributed by atoms with Crippen molar-refractivity contribution in [1.82, 2.24) is 9.71 Å². The Bertz CT molecular complexity index is 574. The minimum absolute atomic E-state index is 0.0584. The Hall–Kier alpha value is -0.700. The van der Waals surface area contributed by atoms with Gasteiger partial charge in [-0.2, -0.15) is 0 Å². The van der Waals surface area contributed by atoms with Gasteiger partial charge in [0, 0.05) is 17.2 Å². The zero-order valence-corrected chi connectivity index (χ0v) is 14.2. The molecule has 1 fully saturated rings. The summed E-state index contributed by atoms with van der Waals surface area (Å²) in [7, 11) is -3.61. The zero-order valence-electron chi connectivity index (χ0n) is 11.8. The van der Waals surface area contributed by atoms with Gasteiger partial charge in [0.25, 0.3) is 0 Å². The Labute approximate surface area is 134 Å². The number of hydrogen-bond donors (Lipinski definition) is 3. The van der Waals surface area contributed by atoms with Crippen LogP contribution in [0.1, 0.15) is 38.5 Å². The minimum atomic E-state index is -3.61. The Morgan fingerprint density at radius 2 is 2.05 bits per heavy atom. The van der Waals surface area contributed by atoms with Crippen LogP contribution in [0, 0.1) is 5.92 Å². The standard InChI is InChI=1S/C13H21BrN4O2S/c14-11-8-12(13(18-15)16-9-11)21(19,20)17-7-6-10-4-2-1-3-5-10/h8-10,17H,1-7,15H2,(H,16,18). The first-order valence-electron chi connectivity index (χ1n) is 7.15. The minimum Gasteiger partial charge on any atom is -0.307 e. The van der Waals surface area contributed by atoms with E-state index in [0.29, 0.717) is 16.9 Å². The molecule has 0 saturated heterocycles. The van der Waals surface area contributed by atoms with Crippen LogP contribution in [-0.2, 0) is 10.0 Å². The lowest BCUT2D eigenvalue weighted by Gasteiger charge is -2.21. The van der Waals surface area contributed by atoms with Crippen LogP contribution in [0.2, 0.25) is 0 Å². The fourth-order valence-corrected chi connectivity index (χ4v) is 4.36. The molecule has 0 aromatic carbocycles. The number of anilines is 1. The van der Waals surface area contributed by atoms with Crippen molar-refractivity contribution >= 4 is 31.8 Å². The van der Waals surface area contributed by atoms with Crippen LogP contribution in [0.4, 0.5) is 5.82 Å². The number of hydrazine groups is 1. The number of nitrogen functional groups attached to an aromatic ring is 1. The van der Waals surface area contributed by atoms with Crippen molar-refractivity contribution in [2.24, 2.45) is 11.8 Å². The van der Waals surface area contributed by atoms with Crippen LogP contribution in [0.15, 0.2) is 21.6 Å². The first kappa shape index (κ1) is 16.7. The molecule has 0 radical (unpaired) electrons. The van der Waals surface area contributed by atoms with Crippen LogP contribution in [0.25, 0.3) is 0 Å². The van der Waals surface area contributed by atoms with E-state index in [9.17, 15) is 8.42 Å². The molecule has 1 aliphatic rings. The molecular weight excluding hydrogens is 356 g/mol. The third-order valence-electron chi connectivity index (χ3n) is 3.82. The van der Waals surface area contributed by atoms with E-state index in [1.165, 1.54) is 44.4 Å². The van der Waals surface area contributed by atoms with Crippen molar-refractivity contribution in [2.75, 3.05) is 12.0 Å². The van der Waals surface area contributed by atoms with E-state index >= 15 is 0 Å². The Morgan fingerprint density at radius 3 is 2.71 bits per heavy atom. The highest BCUT2D eigenvalue weighted by Gasteiger charge is 2.21. The van der Waals surface area contributed by atoms with E-state index in [0.717, 1.165) is 6.42 Å². The van der Waals surface area contributed by atoms with E-state index in [2.05, 4.69) is 31.1 Å². The molecule has 1 saturated carbocycles. The van der Waals surface area contributed by atoms with E-state index in [1.54, 1.807) is 0 Å². The molecule has 1 aromatic heterocycles. The Kier molecular flexibility index (Phi) is 5.98. The van der Waals surface area contributed by atoms with E-state index < -0.39 is 10.0 Å². The normalized spacial score (nSPS) is 16.9. The van der Waals surface area contributed by atoms with Gasteiger partial charge in [-0.05, 0) is 34.3 Å². The maximum absolute atomic E-state index is 12.3. The first-order valence-corrected chi connectivity index (χ1v) is 9.42. The van der Waals surface area contributed by atoms with Crippen molar-refractivity contribution in [3.8, 4) is 0 Å².